The van der Waals surface area contributed by atoms with Crippen molar-refractivity contribution >= 4 is 0 Å². The minimum Gasteiger partial charge on any atom is -0.467 e. The van der Waals surface area contributed by atoms with Gasteiger partial charge in [-0.05, 0) is 26.0 Å². The number of ether oxygens (including phenoxy) is 1. The normalized spacial score (nSPS) is 12.8. The van der Waals surface area contributed by atoms with Crippen LogP contribution in [0.4, 0.5) is 0 Å². The van der Waals surface area contributed by atoms with Gasteiger partial charge in [-0.2, -0.15) is 0 Å². The first kappa shape index (κ1) is 16.3. The van der Waals surface area contributed by atoms with Gasteiger partial charge in [0.05, 0.1) is 12.4 Å². The van der Waals surface area contributed by atoms with Gasteiger partial charge in [-0.15, -0.1) is 0 Å². The lowest BCUT2D eigenvalue weighted by Gasteiger charge is -2.12. The quantitative estimate of drug-likeness (QED) is 0.608. The molecule has 3 nitrogen and oxygen atoms in total. The Morgan fingerprint density at radius 2 is 2.11 bits per heavy atom. The van der Waals surface area contributed by atoms with Crippen molar-refractivity contribution in [2.45, 2.75) is 72.1 Å². The van der Waals surface area contributed by atoms with Crippen LogP contribution in [0.1, 0.15) is 64.2 Å². The lowest BCUT2D eigenvalue weighted by Crippen LogP contribution is -2.13. The van der Waals surface area contributed by atoms with Crippen LogP contribution in [-0.4, -0.2) is 12.6 Å². The molecule has 0 amide bonds. The number of furan rings is 1. The monoisotopic (exact) mass is 267 g/mol. The number of rotatable bonds is 11. The number of hydrogen-bond donors (Lipinski definition) is 1. The Hall–Kier alpha value is -0.800. The number of hydrogen-bond acceptors (Lipinski definition) is 3. The molecule has 19 heavy (non-hydrogen) atoms. The molecule has 0 fully saturated rings. The van der Waals surface area contributed by atoms with Crippen molar-refractivity contribution in [3.8, 4) is 0 Å². The molecule has 1 atom stereocenters. The van der Waals surface area contributed by atoms with Gasteiger partial charge in [-0.1, -0.05) is 39.5 Å². The van der Waals surface area contributed by atoms with E-state index in [9.17, 15) is 0 Å². The van der Waals surface area contributed by atoms with E-state index in [1.54, 1.807) is 6.26 Å². The zero-order valence-corrected chi connectivity index (χ0v) is 12.7. The Morgan fingerprint density at radius 3 is 2.84 bits per heavy atom. The molecule has 3 heteroatoms. The van der Waals surface area contributed by atoms with E-state index in [0.717, 1.165) is 25.3 Å². The standard InChI is InChI=1S/C16H29NO2/c1-4-6-7-8-9-14(3)19-13-16-15(10-11-18-16)12-17-5-2/h10-11,14,17H,4-9,12-13H2,1-3H3. The van der Waals surface area contributed by atoms with Crippen molar-refractivity contribution in [3.05, 3.63) is 23.7 Å². The first-order chi connectivity index (χ1) is 9.27. The van der Waals surface area contributed by atoms with Gasteiger partial charge in [0, 0.05) is 12.1 Å². The van der Waals surface area contributed by atoms with Crippen molar-refractivity contribution in [2.24, 2.45) is 0 Å². The molecule has 1 aromatic heterocycles. The molecule has 0 radical (unpaired) electrons. The maximum absolute atomic E-state index is 5.87. The molecule has 1 heterocycles. The van der Waals surface area contributed by atoms with Crippen LogP contribution in [0.3, 0.4) is 0 Å². The van der Waals surface area contributed by atoms with Crippen LogP contribution < -0.4 is 5.32 Å². The van der Waals surface area contributed by atoms with E-state index in [1.165, 1.54) is 31.2 Å². The molecular formula is C16H29NO2. The second-order valence-corrected chi connectivity index (χ2v) is 5.12. The summed E-state index contributed by atoms with van der Waals surface area (Å²) >= 11 is 0. The van der Waals surface area contributed by atoms with Gasteiger partial charge in [0.25, 0.3) is 0 Å². The van der Waals surface area contributed by atoms with Crippen LogP contribution in [0.2, 0.25) is 0 Å². The Kier molecular flexibility index (Phi) is 8.59. The molecule has 0 aliphatic rings. The summed E-state index contributed by atoms with van der Waals surface area (Å²) < 4.78 is 11.4. The van der Waals surface area contributed by atoms with E-state index in [2.05, 4.69) is 26.1 Å². The Bertz CT molecular complexity index is 322. The smallest absolute Gasteiger partial charge is 0.133 e. The molecule has 1 unspecified atom stereocenters. The lowest BCUT2D eigenvalue weighted by atomic mass is 10.1. The fourth-order valence-electron chi connectivity index (χ4n) is 2.07. The fraction of sp³-hybridized carbons (Fsp3) is 0.750. The number of nitrogens with one attached hydrogen (secondary N) is 1. The third kappa shape index (κ3) is 6.79. The summed E-state index contributed by atoms with van der Waals surface area (Å²) in [6, 6.07) is 2.02. The Balaban J connectivity index is 2.22. The van der Waals surface area contributed by atoms with Gasteiger partial charge >= 0.3 is 0 Å². The molecule has 0 aliphatic carbocycles. The summed E-state index contributed by atoms with van der Waals surface area (Å²) in [5.74, 6) is 0.960. The van der Waals surface area contributed by atoms with E-state index in [-0.39, 0.29) is 0 Å². The third-order valence-corrected chi connectivity index (χ3v) is 3.37. The van der Waals surface area contributed by atoms with Crippen LogP contribution in [-0.2, 0) is 17.9 Å². The van der Waals surface area contributed by atoms with E-state index in [0.29, 0.717) is 12.7 Å². The first-order valence-corrected chi connectivity index (χ1v) is 7.65. The summed E-state index contributed by atoms with van der Waals surface area (Å²) in [7, 11) is 0. The van der Waals surface area contributed by atoms with E-state index >= 15 is 0 Å². The summed E-state index contributed by atoms with van der Waals surface area (Å²) in [6.07, 6.45) is 8.40. The molecule has 1 rings (SSSR count). The van der Waals surface area contributed by atoms with E-state index < -0.39 is 0 Å². The van der Waals surface area contributed by atoms with Crippen molar-refractivity contribution in [1.82, 2.24) is 5.32 Å². The maximum atomic E-state index is 5.87. The predicted molar refractivity (Wildman–Crippen MR) is 79.1 cm³/mol. The summed E-state index contributed by atoms with van der Waals surface area (Å²) in [5, 5.41) is 3.31. The van der Waals surface area contributed by atoms with Gasteiger partial charge < -0.3 is 14.5 Å². The van der Waals surface area contributed by atoms with Crippen LogP contribution >= 0.6 is 0 Å². The van der Waals surface area contributed by atoms with Gasteiger partial charge in [0.1, 0.15) is 12.4 Å². The maximum Gasteiger partial charge on any atom is 0.133 e. The zero-order valence-electron chi connectivity index (χ0n) is 12.7. The molecule has 110 valence electrons. The highest BCUT2D eigenvalue weighted by Crippen LogP contribution is 2.15. The molecule has 0 aromatic carbocycles. The van der Waals surface area contributed by atoms with Crippen molar-refractivity contribution in [2.75, 3.05) is 6.54 Å². The van der Waals surface area contributed by atoms with Crippen LogP contribution in [0.25, 0.3) is 0 Å². The SMILES string of the molecule is CCCCCCC(C)OCc1occc1CNCC. The molecule has 1 N–H and O–H groups in total. The van der Waals surface area contributed by atoms with Gasteiger partial charge in [0.15, 0.2) is 0 Å². The largest absolute Gasteiger partial charge is 0.467 e. The van der Waals surface area contributed by atoms with E-state index in [4.69, 9.17) is 9.15 Å². The Labute approximate surface area is 117 Å². The molecule has 0 aliphatic heterocycles. The lowest BCUT2D eigenvalue weighted by molar-refractivity contribution is 0.0355. The van der Waals surface area contributed by atoms with Gasteiger partial charge in [-0.25, -0.2) is 0 Å². The summed E-state index contributed by atoms with van der Waals surface area (Å²) in [5.41, 5.74) is 1.21. The average Bonchev–Trinajstić information content (AvgIpc) is 2.86. The van der Waals surface area contributed by atoms with Crippen molar-refractivity contribution in [3.63, 3.8) is 0 Å². The highest BCUT2D eigenvalue weighted by molar-refractivity contribution is 5.16. The Morgan fingerprint density at radius 1 is 1.26 bits per heavy atom. The predicted octanol–water partition coefficient (Wildman–Crippen LogP) is 4.26. The molecule has 0 saturated carbocycles. The minimum atomic E-state index is 0.314. The van der Waals surface area contributed by atoms with Crippen molar-refractivity contribution < 1.29 is 9.15 Å². The zero-order chi connectivity index (χ0) is 13.9. The van der Waals surface area contributed by atoms with Crippen LogP contribution in [0, 0.1) is 0 Å². The average molecular weight is 267 g/mol. The molecule has 1 aromatic rings. The highest BCUT2D eigenvalue weighted by Gasteiger charge is 2.08. The van der Waals surface area contributed by atoms with Crippen molar-refractivity contribution in [1.29, 1.82) is 0 Å². The van der Waals surface area contributed by atoms with Crippen LogP contribution in [0.15, 0.2) is 16.7 Å². The summed E-state index contributed by atoms with van der Waals surface area (Å²) in [6.45, 7) is 8.91. The van der Waals surface area contributed by atoms with E-state index in [1.807, 2.05) is 6.07 Å². The molecule has 0 saturated heterocycles. The van der Waals surface area contributed by atoms with Gasteiger partial charge in [-0.3, -0.25) is 0 Å². The second kappa shape index (κ2) is 10.0. The second-order valence-electron chi connectivity index (χ2n) is 5.12. The first-order valence-electron chi connectivity index (χ1n) is 7.65. The van der Waals surface area contributed by atoms with Gasteiger partial charge in [0.2, 0.25) is 0 Å². The number of unbranched alkanes of at least 4 members (excludes halogenated alkanes) is 3. The fourth-order valence-corrected chi connectivity index (χ4v) is 2.07. The molecule has 0 spiro atoms. The highest BCUT2D eigenvalue weighted by atomic mass is 16.5. The minimum absolute atomic E-state index is 0.314. The van der Waals surface area contributed by atoms with Crippen LogP contribution in [0.5, 0.6) is 0 Å². The molecular weight excluding hydrogens is 238 g/mol. The summed E-state index contributed by atoms with van der Waals surface area (Å²) in [4.78, 5) is 0. The topological polar surface area (TPSA) is 34.4 Å². The third-order valence-electron chi connectivity index (χ3n) is 3.37. The molecule has 0 bridgehead atoms.